The minimum absolute atomic E-state index is 0.0696. The second-order valence-electron chi connectivity index (χ2n) is 13.0. The summed E-state index contributed by atoms with van der Waals surface area (Å²) < 4.78 is 23.4. The lowest BCUT2D eigenvalue weighted by molar-refractivity contribution is 0.0696. The van der Waals surface area contributed by atoms with Crippen LogP contribution >= 0.6 is 0 Å². The number of hydrogen-bond donors (Lipinski definition) is 1. The Balaban J connectivity index is 0.864. The smallest absolute Gasteiger partial charge is 0.257 e. The van der Waals surface area contributed by atoms with E-state index in [-0.39, 0.29) is 23.9 Å². The largest absolute Gasteiger partial charge is 0.493 e. The third-order valence-corrected chi connectivity index (χ3v) is 9.97. The average molecular weight is 686 g/mol. The van der Waals surface area contributed by atoms with Gasteiger partial charge in [-0.2, -0.15) is 0 Å². The van der Waals surface area contributed by atoms with Crippen molar-refractivity contribution in [3.63, 3.8) is 0 Å². The molecule has 0 aromatic heterocycles. The van der Waals surface area contributed by atoms with E-state index in [1.165, 1.54) is 11.1 Å². The number of methoxy groups -OCH3 is 2. The summed E-state index contributed by atoms with van der Waals surface area (Å²) in [6.07, 6.45) is 5.20. The van der Waals surface area contributed by atoms with Crippen molar-refractivity contribution in [2.24, 2.45) is 9.98 Å². The minimum Gasteiger partial charge on any atom is -0.493 e. The number of amides is 2. The van der Waals surface area contributed by atoms with Gasteiger partial charge < -0.3 is 34.1 Å². The molecule has 260 valence electrons. The Morgan fingerprint density at radius 2 is 1.06 bits per heavy atom. The fraction of sp³-hybridized carbons (Fsp3) is 0.300. The lowest BCUT2D eigenvalue weighted by atomic mass is 9.94. The highest BCUT2D eigenvalue weighted by molar-refractivity contribution is 6.04. The van der Waals surface area contributed by atoms with Gasteiger partial charge in [-0.3, -0.25) is 19.6 Å². The van der Waals surface area contributed by atoms with Gasteiger partial charge >= 0.3 is 0 Å². The van der Waals surface area contributed by atoms with Crippen molar-refractivity contribution in [1.29, 1.82) is 0 Å². The molecular formula is C40H39N5O6. The normalized spacial score (nSPS) is 18.3. The number of carbonyl (C=O) groups excluding carboxylic acids is 2. The van der Waals surface area contributed by atoms with Gasteiger partial charge in [0.15, 0.2) is 23.0 Å². The molecule has 0 saturated carbocycles. The van der Waals surface area contributed by atoms with Gasteiger partial charge in [-0.25, -0.2) is 0 Å². The maximum Gasteiger partial charge on any atom is 0.257 e. The zero-order chi connectivity index (χ0) is 34.9. The average Bonchev–Trinajstić information content (AvgIpc) is 3.38. The predicted molar refractivity (Wildman–Crippen MR) is 194 cm³/mol. The van der Waals surface area contributed by atoms with Gasteiger partial charge in [-0.1, -0.05) is 48.5 Å². The molecule has 4 aromatic carbocycles. The van der Waals surface area contributed by atoms with Crippen molar-refractivity contribution >= 4 is 35.6 Å². The summed E-state index contributed by atoms with van der Waals surface area (Å²) in [5, 5.41) is 3.33. The first-order chi connectivity index (χ1) is 25.0. The number of fused-ring (bicyclic) bond motifs is 6. The topological polar surface area (TPSA) is 114 Å². The molecule has 0 unspecified atom stereocenters. The SMILES string of the molecule is COc1cc2c(cc1OCCNCCOc1cc3c(cc1OC)C(=O)N1Cc4ccccc4C[C@H]1C=N3)N=C[C@@H]1Cc3ccccc3CN1C2=O. The molecule has 51 heavy (non-hydrogen) atoms. The van der Waals surface area contributed by atoms with Crippen molar-refractivity contribution < 1.29 is 28.5 Å². The molecule has 0 fully saturated rings. The molecule has 0 spiro atoms. The molecular weight excluding hydrogens is 646 g/mol. The Labute approximate surface area is 296 Å². The number of carbonyl (C=O) groups is 2. The molecule has 4 aliphatic rings. The molecule has 4 heterocycles. The van der Waals surface area contributed by atoms with Crippen molar-refractivity contribution in [1.82, 2.24) is 15.1 Å². The van der Waals surface area contributed by atoms with Gasteiger partial charge in [0.2, 0.25) is 0 Å². The maximum absolute atomic E-state index is 13.7. The molecule has 0 saturated heterocycles. The summed E-state index contributed by atoms with van der Waals surface area (Å²) in [6, 6.07) is 23.3. The van der Waals surface area contributed by atoms with Crippen molar-refractivity contribution in [2.45, 2.75) is 38.0 Å². The summed E-state index contributed by atoms with van der Waals surface area (Å²) in [4.78, 5) is 40.5. The highest BCUT2D eigenvalue weighted by Gasteiger charge is 2.34. The monoisotopic (exact) mass is 685 g/mol. The van der Waals surface area contributed by atoms with Gasteiger partial charge in [0.05, 0.1) is 48.8 Å². The second-order valence-corrected chi connectivity index (χ2v) is 13.0. The molecule has 0 aliphatic carbocycles. The van der Waals surface area contributed by atoms with Crippen LogP contribution in [0.3, 0.4) is 0 Å². The van der Waals surface area contributed by atoms with Gasteiger partial charge in [0.25, 0.3) is 11.8 Å². The lowest BCUT2D eigenvalue weighted by Gasteiger charge is -2.34. The summed E-state index contributed by atoms with van der Waals surface area (Å²) in [5.74, 6) is 1.86. The van der Waals surface area contributed by atoms with Crippen LogP contribution in [0.25, 0.3) is 0 Å². The zero-order valence-electron chi connectivity index (χ0n) is 28.6. The van der Waals surface area contributed by atoms with Crippen LogP contribution in [0.15, 0.2) is 82.8 Å². The summed E-state index contributed by atoms with van der Waals surface area (Å²) in [7, 11) is 3.13. The van der Waals surface area contributed by atoms with Crippen molar-refractivity contribution in [3.05, 3.63) is 106 Å². The van der Waals surface area contributed by atoms with Crippen LogP contribution in [-0.2, 0) is 25.9 Å². The molecule has 2 amide bonds. The van der Waals surface area contributed by atoms with Crippen LogP contribution in [0.1, 0.15) is 43.0 Å². The standard InChI is InChI=1S/C40H39N5O6/c1-48-35-17-31-33(42-21-29-15-25-7-3-5-9-27(25)23-44(29)39(31)46)19-37(35)50-13-11-41-12-14-51-38-20-34-32(18-36(38)49-2)40(47)45-24-28-10-6-4-8-26(28)16-30(45)22-43-34/h3-10,17-22,29-30,41H,11-16,23-24H2,1-2H3/t29-,30-/m0/s1. The van der Waals surface area contributed by atoms with Gasteiger partial charge in [0, 0.05) is 50.7 Å². The van der Waals surface area contributed by atoms with Crippen LogP contribution in [0.5, 0.6) is 23.0 Å². The first-order valence-corrected chi connectivity index (χ1v) is 17.2. The molecule has 11 heteroatoms. The zero-order valence-corrected chi connectivity index (χ0v) is 28.6. The quantitative estimate of drug-likeness (QED) is 0.225. The summed E-state index contributed by atoms with van der Waals surface area (Å²) >= 11 is 0. The van der Waals surface area contributed by atoms with Crippen LogP contribution in [0.4, 0.5) is 11.4 Å². The molecule has 11 nitrogen and oxygen atoms in total. The van der Waals surface area contributed by atoms with Gasteiger partial charge in [-0.05, 0) is 47.2 Å². The van der Waals surface area contributed by atoms with E-state index in [1.54, 1.807) is 38.5 Å². The molecule has 0 bridgehead atoms. The Hall–Kier alpha value is -5.68. The van der Waals surface area contributed by atoms with Crippen LogP contribution in [-0.4, -0.2) is 86.6 Å². The summed E-state index contributed by atoms with van der Waals surface area (Å²) in [5.41, 5.74) is 6.94. The first-order valence-electron chi connectivity index (χ1n) is 17.2. The van der Waals surface area contributed by atoms with Crippen LogP contribution in [0.2, 0.25) is 0 Å². The third kappa shape index (κ3) is 6.29. The van der Waals surface area contributed by atoms with E-state index in [2.05, 4.69) is 29.6 Å². The highest BCUT2D eigenvalue weighted by atomic mass is 16.5. The highest BCUT2D eigenvalue weighted by Crippen LogP contribution is 2.40. The Bertz CT molecular complexity index is 1920. The molecule has 4 aliphatic heterocycles. The Morgan fingerprint density at radius 3 is 1.49 bits per heavy atom. The van der Waals surface area contributed by atoms with Crippen molar-refractivity contribution in [3.8, 4) is 23.0 Å². The Morgan fingerprint density at radius 1 is 0.627 bits per heavy atom. The van der Waals surface area contributed by atoms with Gasteiger partial charge in [-0.15, -0.1) is 0 Å². The number of ether oxygens (including phenoxy) is 4. The van der Waals surface area contributed by atoms with Crippen LogP contribution in [0, 0.1) is 0 Å². The molecule has 0 radical (unpaired) electrons. The molecule has 4 aromatic rings. The van der Waals surface area contributed by atoms with E-state index in [9.17, 15) is 9.59 Å². The molecule has 2 atom stereocenters. The summed E-state index contributed by atoms with van der Waals surface area (Å²) in [6.45, 7) is 2.89. The predicted octanol–water partition coefficient (Wildman–Crippen LogP) is 5.32. The minimum atomic E-state index is -0.108. The number of nitrogens with zero attached hydrogens (tertiary/aromatic N) is 4. The number of benzene rings is 4. The van der Waals surface area contributed by atoms with E-state index in [0.29, 0.717) is 84.9 Å². The van der Waals surface area contributed by atoms with E-state index in [4.69, 9.17) is 28.9 Å². The third-order valence-electron chi connectivity index (χ3n) is 9.97. The van der Waals surface area contributed by atoms with E-state index in [1.807, 2.05) is 46.5 Å². The molecule has 1 N–H and O–H groups in total. The van der Waals surface area contributed by atoms with E-state index in [0.717, 1.165) is 24.0 Å². The van der Waals surface area contributed by atoms with Gasteiger partial charge in [0.1, 0.15) is 13.2 Å². The Kier molecular flexibility index (Phi) is 8.87. The van der Waals surface area contributed by atoms with E-state index >= 15 is 0 Å². The number of nitrogens with one attached hydrogen (secondary N) is 1. The fourth-order valence-corrected chi connectivity index (χ4v) is 7.24. The first kappa shape index (κ1) is 32.5. The van der Waals surface area contributed by atoms with E-state index < -0.39 is 0 Å². The number of hydrogen-bond acceptors (Lipinski definition) is 9. The van der Waals surface area contributed by atoms with Crippen molar-refractivity contribution in [2.75, 3.05) is 40.5 Å². The molecule has 8 rings (SSSR count). The fourth-order valence-electron chi connectivity index (χ4n) is 7.24. The van der Waals surface area contributed by atoms with Crippen LogP contribution < -0.4 is 24.3 Å². The maximum atomic E-state index is 13.7. The lowest BCUT2D eigenvalue weighted by Crippen LogP contribution is -2.44. The number of aliphatic imine (C=N–C) groups is 2. The number of rotatable bonds is 10. The second kappa shape index (κ2) is 13.9.